The highest BCUT2D eigenvalue weighted by molar-refractivity contribution is 5.77. The molecule has 5 heteroatoms. The van der Waals surface area contributed by atoms with Gasteiger partial charge in [0.25, 0.3) is 0 Å². The van der Waals surface area contributed by atoms with Crippen molar-refractivity contribution in [3.8, 4) is 6.07 Å². The van der Waals surface area contributed by atoms with Gasteiger partial charge in [0.1, 0.15) is 6.04 Å². The monoisotopic (exact) mass is 336 g/mol. The van der Waals surface area contributed by atoms with Gasteiger partial charge in [-0.15, -0.1) is 0 Å². The Morgan fingerprint density at radius 2 is 2.08 bits per heavy atom. The van der Waals surface area contributed by atoms with Crippen LogP contribution in [0.4, 0.5) is 0 Å². The smallest absolute Gasteiger partial charge is 0.327 e. The van der Waals surface area contributed by atoms with Gasteiger partial charge in [0.05, 0.1) is 31.5 Å². The van der Waals surface area contributed by atoms with Crippen LogP contribution in [-0.2, 0) is 14.3 Å². The standard InChI is InChI=1S/C20H20N2O3/c1-24-20(23)19(17-9-5-6-15(12-17)13-21)22-10-11-25-18(14-22)16-7-3-2-4-8-16/h2-9,12,18-19H,10-11,14H2,1H3/t18-,19-/m1/s1. The molecular formula is C20H20N2O3. The van der Waals surface area contributed by atoms with Crippen LogP contribution in [0.2, 0.25) is 0 Å². The average molecular weight is 336 g/mol. The molecule has 128 valence electrons. The number of hydrogen-bond donors (Lipinski definition) is 0. The van der Waals surface area contributed by atoms with Crippen LogP contribution >= 0.6 is 0 Å². The lowest BCUT2D eigenvalue weighted by Crippen LogP contribution is -2.43. The third kappa shape index (κ3) is 3.87. The summed E-state index contributed by atoms with van der Waals surface area (Å²) in [6.07, 6.45) is -0.0961. The minimum atomic E-state index is -0.548. The second kappa shape index (κ2) is 7.93. The first-order valence-electron chi connectivity index (χ1n) is 8.21. The zero-order chi connectivity index (χ0) is 17.6. The van der Waals surface area contributed by atoms with E-state index in [0.29, 0.717) is 25.3 Å². The number of morpholine rings is 1. The summed E-state index contributed by atoms with van der Waals surface area (Å²) in [6, 6.07) is 18.7. The summed E-state index contributed by atoms with van der Waals surface area (Å²) in [5.74, 6) is -0.330. The van der Waals surface area contributed by atoms with Gasteiger partial charge in [-0.1, -0.05) is 42.5 Å². The molecule has 5 nitrogen and oxygen atoms in total. The van der Waals surface area contributed by atoms with Crippen LogP contribution in [0.15, 0.2) is 54.6 Å². The maximum atomic E-state index is 12.5. The molecule has 0 aliphatic carbocycles. The largest absolute Gasteiger partial charge is 0.468 e. The van der Waals surface area contributed by atoms with Crippen molar-refractivity contribution in [2.75, 3.05) is 26.8 Å². The van der Waals surface area contributed by atoms with Crippen LogP contribution in [0, 0.1) is 11.3 Å². The topological polar surface area (TPSA) is 62.6 Å². The van der Waals surface area contributed by atoms with Crippen molar-refractivity contribution < 1.29 is 14.3 Å². The number of nitrogens with zero attached hydrogens (tertiary/aromatic N) is 2. The van der Waals surface area contributed by atoms with E-state index in [1.807, 2.05) is 36.4 Å². The van der Waals surface area contributed by atoms with Crippen LogP contribution in [-0.4, -0.2) is 37.7 Å². The van der Waals surface area contributed by atoms with Gasteiger partial charge in [0.2, 0.25) is 0 Å². The summed E-state index contributed by atoms with van der Waals surface area (Å²) in [5.41, 5.74) is 2.38. The van der Waals surface area contributed by atoms with E-state index >= 15 is 0 Å². The number of benzene rings is 2. The number of ether oxygens (including phenoxy) is 2. The normalized spacial score (nSPS) is 19.0. The number of carbonyl (C=O) groups is 1. The summed E-state index contributed by atoms with van der Waals surface area (Å²) in [5, 5.41) is 9.14. The number of esters is 1. The average Bonchev–Trinajstić information content (AvgIpc) is 2.69. The fourth-order valence-electron chi connectivity index (χ4n) is 3.16. The number of carbonyl (C=O) groups excluding carboxylic acids is 1. The van der Waals surface area contributed by atoms with Crippen LogP contribution < -0.4 is 0 Å². The highest BCUT2D eigenvalue weighted by atomic mass is 16.5. The molecule has 0 spiro atoms. The molecule has 2 aromatic carbocycles. The Morgan fingerprint density at radius 1 is 1.28 bits per heavy atom. The Balaban J connectivity index is 1.88. The predicted octanol–water partition coefficient (Wildman–Crippen LogP) is 2.85. The quantitative estimate of drug-likeness (QED) is 0.804. The van der Waals surface area contributed by atoms with Crippen LogP contribution in [0.1, 0.15) is 28.8 Å². The number of hydrogen-bond acceptors (Lipinski definition) is 5. The molecule has 0 N–H and O–H groups in total. The Morgan fingerprint density at radius 3 is 2.80 bits per heavy atom. The van der Waals surface area contributed by atoms with Gasteiger partial charge in [-0.3, -0.25) is 4.90 Å². The number of methoxy groups -OCH3 is 1. The van der Waals surface area contributed by atoms with Crippen molar-refractivity contribution in [1.29, 1.82) is 5.26 Å². The molecule has 1 heterocycles. The molecule has 0 radical (unpaired) electrons. The molecule has 0 bridgehead atoms. The summed E-state index contributed by atoms with van der Waals surface area (Å²) in [4.78, 5) is 14.5. The van der Waals surface area contributed by atoms with Gasteiger partial charge in [-0.2, -0.15) is 5.26 Å². The fraction of sp³-hybridized carbons (Fsp3) is 0.300. The maximum Gasteiger partial charge on any atom is 0.327 e. The van der Waals surface area contributed by atoms with E-state index in [1.165, 1.54) is 7.11 Å². The second-order valence-corrected chi connectivity index (χ2v) is 5.93. The first-order valence-corrected chi connectivity index (χ1v) is 8.21. The van der Waals surface area contributed by atoms with Crippen molar-refractivity contribution in [1.82, 2.24) is 4.90 Å². The predicted molar refractivity (Wildman–Crippen MR) is 92.6 cm³/mol. The van der Waals surface area contributed by atoms with E-state index in [2.05, 4.69) is 11.0 Å². The Bertz CT molecular complexity index is 770. The van der Waals surface area contributed by atoms with Crippen molar-refractivity contribution in [3.63, 3.8) is 0 Å². The molecule has 0 aromatic heterocycles. The lowest BCUT2D eigenvalue weighted by atomic mass is 10.0. The van der Waals surface area contributed by atoms with E-state index in [1.54, 1.807) is 18.2 Å². The van der Waals surface area contributed by atoms with Crippen molar-refractivity contribution >= 4 is 5.97 Å². The first-order chi connectivity index (χ1) is 12.2. The molecular weight excluding hydrogens is 316 g/mol. The second-order valence-electron chi connectivity index (χ2n) is 5.93. The third-order valence-electron chi connectivity index (χ3n) is 4.39. The molecule has 0 saturated carbocycles. The van der Waals surface area contributed by atoms with Gasteiger partial charge < -0.3 is 9.47 Å². The van der Waals surface area contributed by atoms with E-state index < -0.39 is 6.04 Å². The SMILES string of the molecule is COC(=O)[C@@H](c1cccc(C#N)c1)N1CCO[C@@H](c2ccccc2)C1. The Labute approximate surface area is 147 Å². The first kappa shape index (κ1) is 17.2. The van der Waals surface area contributed by atoms with Crippen LogP contribution in [0.25, 0.3) is 0 Å². The molecule has 0 amide bonds. The summed E-state index contributed by atoms with van der Waals surface area (Å²) < 4.78 is 10.9. The Hall–Kier alpha value is -2.68. The molecule has 2 aromatic rings. The van der Waals surface area contributed by atoms with E-state index in [4.69, 9.17) is 14.7 Å². The van der Waals surface area contributed by atoms with Gasteiger partial charge in [0.15, 0.2) is 0 Å². The van der Waals surface area contributed by atoms with E-state index in [-0.39, 0.29) is 12.1 Å². The maximum absolute atomic E-state index is 12.5. The van der Waals surface area contributed by atoms with E-state index in [0.717, 1.165) is 11.1 Å². The molecule has 1 aliphatic heterocycles. The molecule has 0 unspecified atom stereocenters. The highest BCUT2D eigenvalue weighted by Crippen LogP contribution is 2.30. The minimum Gasteiger partial charge on any atom is -0.468 e. The zero-order valence-corrected chi connectivity index (χ0v) is 14.1. The van der Waals surface area contributed by atoms with Crippen LogP contribution in [0.3, 0.4) is 0 Å². The zero-order valence-electron chi connectivity index (χ0n) is 14.1. The lowest BCUT2D eigenvalue weighted by Gasteiger charge is -2.37. The molecule has 1 saturated heterocycles. The third-order valence-corrected chi connectivity index (χ3v) is 4.39. The summed E-state index contributed by atoms with van der Waals surface area (Å²) >= 11 is 0. The molecule has 1 aliphatic rings. The van der Waals surface area contributed by atoms with Gasteiger partial charge in [0, 0.05) is 13.1 Å². The van der Waals surface area contributed by atoms with Crippen molar-refractivity contribution in [3.05, 3.63) is 71.3 Å². The fourth-order valence-corrected chi connectivity index (χ4v) is 3.16. The summed E-state index contributed by atoms with van der Waals surface area (Å²) in [6.45, 7) is 1.74. The van der Waals surface area contributed by atoms with E-state index in [9.17, 15) is 4.79 Å². The van der Waals surface area contributed by atoms with Crippen molar-refractivity contribution in [2.24, 2.45) is 0 Å². The number of nitriles is 1. The van der Waals surface area contributed by atoms with Gasteiger partial charge in [-0.25, -0.2) is 4.79 Å². The highest BCUT2D eigenvalue weighted by Gasteiger charge is 2.33. The lowest BCUT2D eigenvalue weighted by molar-refractivity contribution is -0.150. The number of rotatable bonds is 4. The van der Waals surface area contributed by atoms with Crippen molar-refractivity contribution in [2.45, 2.75) is 12.1 Å². The molecule has 1 fully saturated rings. The summed E-state index contributed by atoms with van der Waals surface area (Å²) in [7, 11) is 1.39. The van der Waals surface area contributed by atoms with Crippen LogP contribution in [0.5, 0.6) is 0 Å². The Kier molecular flexibility index (Phi) is 5.44. The molecule has 3 rings (SSSR count). The van der Waals surface area contributed by atoms with Gasteiger partial charge in [-0.05, 0) is 23.3 Å². The minimum absolute atomic E-state index is 0.0961. The van der Waals surface area contributed by atoms with Gasteiger partial charge >= 0.3 is 5.97 Å². The molecule has 25 heavy (non-hydrogen) atoms. The molecule has 2 atom stereocenters.